The van der Waals surface area contributed by atoms with Gasteiger partial charge in [-0.15, -0.1) is 11.8 Å². The van der Waals surface area contributed by atoms with Crippen LogP contribution in [0.5, 0.6) is 0 Å². The molecule has 12 heavy (non-hydrogen) atoms. The molecule has 0 aliphatic heterocycles. The van der Waals surface area contributed by atoms with Crippen LogP contribution in [0.4, 0.5) is 0 Å². The molecule has 1 aromatic rings. The Bertz CT molecular complexity index is 355. The number of aromatic nitrogens is 1. The van der Waals surface area contributed by atoms with Crippen LogP contribution in [0.15, 0.2) is 28.3 Å². The van der Waals surface area contributed by atoms with Gasteiger partial charge in [-0.3, -0.25) is 0 Å². The molecule has 1 aromatic heterocycles. The number of sulfone groups is 1. The normalized spacial score (nSPS) is 11.5. The van der Waals surface area contributed by atoms with Gasteiger partial charge in [0.15, 0.2) is 9.84 Å². The third-order valence-corrected chi connectivity index (χ3v) is 3.10. The van der Waals surface area contributed by atoms with Crippen molar-refractivity contribution in [3.63, 3.8) is 0 Å². The fraction of sp³-hybridized carbons (Fsp3) is 0.286. The molecule has 0 N–H and O–H groups in total. The first kappa shape index (κ1) is 9.54. The molecule has 3 nitrogen and oxygen atoms in total. The minimum Gasteiger partial charge on any atom is -0.249 e. The Morgan fingerprint density at radius 2 is 2.08 bits per heavy atom. The van der Waals surface area contributed by atoms with Gasteiger partial charge >= 0.3 is 0 Å². The Hall–Kier alpha value is -0.550. The van der Waals surface area contributed by atoms with Crippen molar-refractivity contribution in [2.45, 2.75) is 9.92 Å². The molecule has 0 spiro atoms. The van der Waals surface area contributed by atoms with Gasteiger partial charge in [-0.25, -0.2) is 13.4 Å². The Morgan fingerprint density at radius 1 is 1.42 bits per heavy atom. The summed E-state index contributed by atoms with van der Waals surface area (Å²) in [5, 5.41) is 0.822. The Balaban J connectivity index is 3.09. The third kappa shape index (κ3) is 2.22. The number of nitrogens with zero attached hydrogens (tertiary/aromatic N) is 1. The maximum absolute atomic E-state index is 11.0. The van der Waals surface area contributed by atoms with Crippen molar-refractivity contribution in [2.75, 3.05) is 12.5 Å². The summed E-state index contributed by atoms with van der Waals surface area (Å²) in [6.07, 6.45) is 4.44. The lowest BCUT2D eigenvalue weighted by Crippen LogP contribution is -1.97. The van der Waals surface area contributed by atoms with E-state index >= 15 is 0 Å². The standard InChI is InChI=1S/C7H9NO2S2/c1-11-7-4-3-6(5-8-7)12(2,9)10/h3-5H,1-2H3. The van der Waals surface area contributed by atoms with Crippen LogP contribution >= 0.6 is 11.8 Å². The Morgan fingerprint density at radius 3 is 2.42 bits per heavy atom. The molecule has 0 saturated carbocycles. The van der Waals surface area contributed by atoms with Crippen LogP contribution in [0.1, 0.15) is 0 Å². The highest BCUT2D eigenvalue weighted by molar-refractivity contribution is 7.98. The summed E-state index contributed by atoms with van der Waals surface area (Å²) in [5.74, 6) is 0. The summed E-state index contributed by atoms with van der Waals surface area (Å²) < 4.78 is 22.0. The van der Waals surface area contributed by atoms with Crippen molar-refractivity contribution in [2.24, 2.45) is 0 Å². The predicted octanol–water partition coefficient (Wildman–Crippen LogP) is 1.21. The fourth-order valence-electron chi connectivity index (χ4n) is 0.707. The molecule has 0 radical (unpaired) electrons. The van der Waals surface area contributed by atoms with Crippen molar-refractivity contribution < 1.29 is 8.42 Å². The zero-order valence-electron chi connectivity index (χ0n) is 6.81. The first-order valence-corrected chi connectivity index (χ1v) is 6.36. The van der Waals surface area contributed by atoms with Crippen LogP contribution in [-0.2, 0) is 9.84 Å². The van der Waals surface area contributed by atoms with Crippen molar-refractivity contribution in [3.05, 3.63) is 18.3 Å². The SMILES string of the molecule is CSc1ccc(S(C)(=O)=O)cn1. The molecule has 66 valence electrons. The van der Waals surface area contributed by atoms with Crippen LogP contribution in [0.3, 0.4) is 0 Å². The summed E-state index contributed by atoms with van der Waals surface area (Å²) in [7, 11) is -3.10. The lowest BCUT2D eigenvalue weighted by Gasteiger charge is -1.97. The zero-order valence-corrected chi connectivity index (χ0v) is 8.45. The van der Waals surface area contributed by atoms with Gasteiger partial charge in [0.1, 0.15) is 0 Å². The maximum Gasteiger partial charge on any atom is 0.177 e. The van der Waals surface area contributed by atoms with Gasteiger partial charge in [0, 0.05) is 12.5 Å². The quantitative estimate of drug-likeness (QED) is 0.678. The number of hydrogen-bond acceptors (Lipinski definition) is 4. The summed E-state index contributed by atoms with van der Waals surface area (Å²) in [6.45, 7) is 0. The molecule has 0 bridgehead atoms. The maximum atomic E-state index is 11.0. The lowest BCUT2D eigenvalue weighted by atomic mass is 10.5. The van der Waals surface area contributed by atoms with E-state index in [-0.39, 0.29) is 4.90 Å². The van der Waals surface area contributed by atoms with E-state index in [4.69, 9.17) is 0 Å². The number of pyridine rings is 1. The van der Waals surface area contributed by atoms with Gasteiger partial charge in [-0.05, 0) is 18.4 Å². The van der Waals surface area contributed by atoms with E-state index in [1.165, 1.54) is 24.2 Å². The second-order valence-electron chi connectivity index (χ2n) is 2.31. The molecule has 0 amide bonds. The van der Waals surface area contributed by atoms with Gasteiger partial charge in [-0.1, -0.05) is 0 Å². The van der Waals surface area contributed by atoms with E-state index in [0.717, 1.165) is 5.03 Å². The van der Waals surface area contributed by atoms with Crippen LogP contribution < -0.4 is 0 Å². The predicted molar refractivity (Wildman–Crippen MR) is 49.1 cm³/mol. The minimum absolute atomic E-state index is 0.264. The molecule has 0 saturated heterocycles. The summed E-state index contributed by atoms with van der Waals surface area (Å²) >= 11 is 1.48. The van der Waals surface area contributed by atoms with Crippen LogP contribution in [0, 0.1) is 0 Å². The average Bonchev–Trinajstić information content (AvgIpc) is 2.03. The number of rotatable bonds is 2. The first-order valence-electron chi connectivity index (χ1n) is 3.24. The van der Waals surface area contributed by atoms with E-state index in [2.05, 4.69) is 4.98 Å². The molecule has 1 rings (SSSR count). The van der Waals surface area contributed by atoms with Gasteiger partial charge in [-0.2, -0.15) is 0 Å². The topological polar surface area (TPSA) is 47.0 Å². The third-order valence-electron chi connectivity index (χ3n) is 1.35. The second-order valence-corrected chi connectivity index (χ2v) is 5.15. The largest absolute Gasteiger partial charge is 0.249 e. The van der Waals surface area contributed by atoms with Crippen LogP contribution in [0.25, 0.3) is 0 Å². The molecule has 0 aromatic carbocycles. The zero-order chi connectivity index (χ0) is 9.19. The van der Waals surface area contributed by atoms with E-state index in [0.29, 0.717) is 0 Å². The van der Waals surface area contributed by atoms with Gasteiger partial charge < -0.3 is 0 Å². The van der Waals surface area contributed by atoms with Gasteiger partial charge in [0.2, 0.25) is 0 Å². The van der Waals surface area contributed by atoms with Gasteiger partial charge in [0.05, 0.1) is 9.92 Å². The Kier molecular flexibility index (Phi) is 2.74. The summed E-state index contributed by atoms with van der Waals surface area (Å²) in [6, 6.07) is 3.26. The van der Waals surface area contributed by atoms with E-state index in [1.807, 2.05) is 6.26 Å². The van der Waals surface area contributed by atoms with Crippen molar-refractivity contribution >= 4 is 21.6 Å². The number of hydrogen-bond donors (Lipinski definition) is 0. The molecule has 1 heterocycles. The van der Waals surface area contributed by atoms with Crippen molar-refractivity contribution in [1.82, 2.24) is 4.98 Å². The highest BCUT2D eigenvalue weighted by Crippen LogP contribution is 2.13. The summed E-state index contributed by atoms with van der Waals surface area (Å²) in [5.41, 5.74) is 0. The van der Waals surface area contributed by atoms with Crippen LogP contribution in [-0.4, -0.2) is 25.9 Å². The molecule has 0 fully saturated rings. The molecule has 5 heteroatoms. The Labute approximate surface area is 76.1 Å². The first-order chi connectivity index (χ1) is 5.54. The van der Waals surface area contributed by atoms with Crippen molar-refractivity contribution in [1.29, 1.82) is 0 Å². The molecular formula is C7H9NO2S2. The molecule has 0 unspecified atom stereocenters. The van der Waals surface area contributed by atoms with E-state index in [1.54, 1.807) is 12.1 Å². The lowest BCUT2D eigenvalue weighted by molar-refractivity contribution is 0.601. The monoisotopic (exact) mass is 203 g/mol. The summed E-state index contributed by atoms with van der Waals surface area (Å²) in [4.78, 5) is 4.21. The number of thioether (sulfide) groups is 1. The smallest absolute Gasteiger partial charge is 0.177 e. The van der Waals surface area contributed by atoms with Gasteiger partial charge in [0.25, 0.3) is 0 Å². The average molecular weight is 203 g/mol. The highest BCUT2D eigenvalue weighted by Gasteiger charge is 2.06. The van der Waals surface area contributed by atoms with Crippen molar-refractivity contribution in [3.8, 4) is 0 Å². The van der Waals surface area contributed by atoms with Crippen LogP contribution in [0.2, 0.25) is 0 Å². The highest BCUT2D eigenvalue weighted by atomic mass is 32.2. The minimum atomic E-state index is -3.10. The second kappa shape index (κ2) is 3.45. The van der Waals surface area contributed by atoms with E-state index < -0.39 is 9.84 Å². The molecule has 0 atom stereocenters. The molecular weight excluding hydrogens is 194 g/mol. The molecule has 0 aliphatic carbocycles. The van der Waals surface area contributed by atoms with E-state index in [9.17, 15) is 8.42 Å². The fourth-order valence-corrected chi connectivity index (χ4v) is 1.63. The molecule has 0 aliphatic rings.